The van der Waals surface area contributed by atoms with E-state index in [1.54, 1.807) is 23.1 Å². The number of hydrogen-bond donors (Lipinski definition) is 1. The fourth-order valence-electron chi connectivity index (χ4n) is 1.81. The van der Waals surface area contributed by atoms with E-state index in [4.69, 9.17) is 11.6 Å². The maximum atomic E-state index is 12.2. The van der Waals surface area contributed by atoms with Crippen molar-refractivity contribution >= 4 is 23.2 Å². The number of hydrogen-bond acceptors (Lipinski definition) is 4. The fourth-order valence-corrected chi connectivity index (χ4v) is 1.90. The third-order valence-electron chi connectivity index (χ3n) is 2.76. The van der Waals surface area contributed by atoms with Crippen LogP contribution in [0.1, 0.15) is 10.5 Å². The number of benzene rings is 1. The van der Waals surface area contributed by atoms with Crippen molar-refractivity contribution in [3.05, 3.63) is 66.0 Å². The van der Waals surface area contributed by atoms with Crippen molar-refractivity contribution in [1.29, 1.82) is 0 Å². The molecule has 0 aliphatic carbocycles. The third-order valence-corrected chi connectivity index (χ3v) is 2.95. The Morgan fingerprint density at radius 2 is 2.00 bits per heavy atom. The topological polar surface area (TPSA) is 72.7 Å². The molecule has 0 saturated carbocycles. The lowest BCUT2D eigenvalue weighted by Crippen LogP contribution is -2.15. The summed E-state index contributed by atoms with van der Waals surface area (Å²) in [6.07, 6.45) is 6.13. The number of halogens is 1. The molecule has 6 nitrogen and oxygen atoms in total. The predicted octanol–water partition coefficient (Wildman–Crippen LogP) is 2.57. The Balaban J connectivity index is 1.88. The van der Waals surface area contributed by atoms with Crippen LogP contribution in [0.5, 0.6) is 0 Å². The van der Waals surface area contributed by atoms with Crippen LogP contribution in [-0.2, 0) is 0 Å². The summed E-state index contributed by atoms with van der Waals surface area (Å²) in [4.78, 5) is 19.9. The van der Waals surface area contributed by atoms with E-state index in [2.05, 4.69) is 20.4 Å². The lowest BCUT2D eigenvalue weighted by atomic mass is 10.2. The molecular weight excluding hydrogens is 290 g/mol. The Kier molecular flexibility index (Phi) is 3.61. The van der Waals surface area contributed by atoms with E-state index < -0.39 is 0 Å². The average molecular weight is 300 g/mol. The number of rotatable bonds is 3. The van der Waals surface area contributed by atoms with E-state index in [0.29, 0.717) is 5.69 Å². The lowest BCUT2D eigenvalue weighted by molar-refractivity contribution is 0.102. The minimum atomic E-state index is -0.362. The molecule has 0 saturated heterocycles. The smallest absolute Gasteiger partial charge is 0.275 e. The highest BCUT2D eigenvalue weighted by atomic mass is 35.5. The molecular formula is C14H10ClN5O. The van der Waals surface area contributed by atoms with Gasteiger partial charge in [-0.05, 0) is 18.2 Å². The molecule has 0 aliphatic heterocycles. The zero-order chi connectivity index (χ0) is 14.7. The van der Waals surface area contributed by atoms with Crippen LogP contribution in [0.3, 0.4) is 0 Å². The predicted molar refractivity (Wildman–Crippen MR) is 78.6 cm³/mol. The van der Waals surface area contributed by atoms with Gasteiger partial charge in [-0.15, -0.1) is 0 Å². The quantitative estimate of drug-likeness (QED) is 0.806. The van der Waals surface area contributed by atoms with E-state index in [0.717, 1.165) is 5.69 Å². The number of anilines is 1. The van der Waals surface area contributed by atoms with Crippen molar-refractivity contribution in [2.45, 2.75) is 0 Å². The molecule has 21 heavy (non-hydrogen) atoms. The number of nitrogens with one attached hydrogen (secondary N) is 1. The van der Waals surface area contributed by atoms with Gasteiger partial charge in [0.1, 0.15) is 10.8 Å². The Labute approximate surface area is 125 Å². The van der Waals surface area contributed by atoms with Crippen LogP contribution in [0.2, 0.25) is 5.15 Å². The molecule has 0 unspecified atom stereocenters. The molecule has 2 aromatic heterocycles. The Bertz CT molecular complexity index is 755. The second kappa shape index (κ2) is 5.72. The van der Waals surface area contributed by atoms with Crippen molar-refractivity contribution in [1.82, 2.24) is 19.7 Å². The molecule has 104 valence electrons. The zero-order valence-corrected chi connectivity index (χ0v) is 11.5. The molecule has 0 atom stereocenters. The number of aromatic nitrogens is 4. The van der Waals surface area contributed by atoms with Crippen molar-refractivity contribution in [3.8, 4) is 5.69 Å². The first-order chi connectivity index (χ1) is 10.2. The van der Waals surface area contributed by atoms with E-state index in [9.17, 15) is 4.79 Å². The molecule has 0 radical (unpaired) electrons. The highest BCUT2D eigenvalue weighted by molar-refractivity contribution is 6.29. The van der Waals surface area contributed by atoms with Gasteiger partial charge in [0.2, 0.25) is 0 Å². The SMILES string of the molecule is O=C(Nc1ccccc1-n1cccn1)c1cnc(Cl)cn1. The van der Waals surface area contributed by atoms with E-state index in [1.165, 1.54) is 12.4 Å². The van der Waals surface area contributed by atoms with E-state index >= 15 is 0 Å². The Hall–Kier alpha value is -2.73. The highest BCUT2D eigenvalue weighted by Crippen LogP contribution is 2.19. The van der Waals surface area contributed by atoms with E-state index in [1.807, 2.05) is 24.3 Å². The largest absolute Gasteiger partial charge is 0.319 e. The molecule has 3 aromatic rings. The van der Waals surface area contributed by atoms with Crippen LogP contribution in [-0.4, -0.2) is 25.7 Å². The van der Waals surface area contributed by atoms with Crippen LogP contribution < -0.4 is 5.32 Å². The molecule has 0 spiro atoms. The summed E-state index contributed by atoms with van der Waals surface area (Å²) >= 11 is 5.65. The van der Waals surface area contributed by atoms with Crippen molar-refractivity contribution < 1.29 is 4.79 Å². The molecule has 0 fully saturated rings. The summed E-state index contributed by atoms with van der Waals surface area (Å²) in [5, 5.41) is 7.19. The highest BCUT2D eigenvalue weighted by Gasteiger charge is 2.11. The zero-order valence-electron chi connectivity index (χ0n) is 10.8. The lowest BCUT2D eigenvalue weighted by Gasteiger charge is -2.10. The first-order valence-corrected chi connectivity index (χ1v) is 6.50. The molecule has 2 heterocycles. The first-order valence-electron chi connectivity index (χ1n) is 6.12. The molecule has 1 amide bonds. The maximum absolute atomic E-state index is 12.2. The van der Waals surface area contributed by atoms with Crippen LogP contribution in [0.4, 0.5) is 5.69 Å². The summed E-state index contributed by atoms with van der Waals surface area (Å²) in [6.45, 7) is 0. The Morgan fingerprint density at radius 3 is 2.71 bits per heavy atom. The molecule has 3 rings (SSSR count). The average Bonchev–Trinajstić information content (AvgIpc) is 3.02. The standard InChI is InChI=1S/C14H10ClN5O/c15-13-9-16-11(8-17-13)14(21)19-10-4-1-2-5-12(10)20-7-3-6-18-20/h1-9H,(H,19,21). The van der Waals surface area contributed by atoms with Crippen LogP contribution in [0.25, 0.3) is 5.69 Å². The summed E-state index contributed by atoms with van der Waals surface area (Å²) in [5.74, 6) is -0.362. The number of nitrogens with zero attached hydrogens (tertiary/aromatic N) is 4. The van der Waals surface area contributed by atoms with Crippen LogP contribution in [0.15, 0.2) is 55.1 Å². The molecule has 0 aliphatic rings. The Morgan fingerprint density at radius 1 is 1.14 bits per heavy atom. The second-order valence-electron chi connectivity index (χ2n) is 4.15. The van der Waals surface area contributed by atoms with Crippen LogP contribution >= 0.6 is 11.6 Å². The van der Waals surface area contributed by atoms with Crippen molar-refractivity contribution in [2.75, 3.05) is 5.32 Å². The molecule has 1 N–H and O–H groups in total. The second-order valence-corrected chi connectivity index (χ2v) is 4.53. The van der Waals surface area contributed by atoms with Gasteiger partial charge >= 0.3 is 0 Å². The maximum Gasteiger partial charge on any atom is 0.275 e. The molecule has 0 bridgehead atoms. The number of para-hydroxylation sites is 2. The number of carbonyl (C=O) groups is 1. The van der Waals surface area contributed by atoms with E-state index in [-0.39, 0.29) is 16.8 Å². The number of carbonyl (C=O) groups excluding carboxylic acids is 1. The van der Waals surface area contributed by atoms with Crippen molar-refractivity contribution in [2.24, 2.45) is 0 Å². The van der Waals surface area contributed by atoms with Crippen LogP contribution in [0, 0.1) is 0 Å². The van der Waals surface area contributed by atoms with Gasteiger partial charge in [0, 0.05) is 12.4 Å². The van der Waals surface area contributed by atoms with Crippen molar-refractivity contribution in [3.63, 3.8) is 0 Å². The van der Waals surface area contributed by atoms with Gasteiger partial charge in [0.05, 0.1) is 23.8 Å². The number of amides is 1. The minimum absolute atomic E-state index is 0.190. The fraction of sp³-hybridized carbons (Fsp3) is 0. The monoisotopic (exact) mass is 299 g/mol. The molecule has 1 aromatic carbocycles. The summed E-state index contributed by atoms with van der Waals surface area (Å²) < 4.78 is 1.67. The first kappa shape index (κ1) is 13.3. The summed E-state index contributed by atoms with van der Waals surface area (Å²) in [7, 11) is 0. The van der Waals surface area contributed by atoms with Gasteiger partial charge in [-0.2, -0.15) is 5.10 Å². The van der Waals surface area contributed by atoms with Gasteiger partial charge < -0.3 is 5.32 Å². The van der Waals surface area contributed by atoms with Gasteiger partial charge in [0.25, 0.3) is 5.91 Å². The van der Waals surface area contributed by atoms with Gasteiger partial charge in [-0.3, -0.25) is 4.79 Å². The minimum Gasteiger partial charge on any atom is -0.319 e. The molecule has 7 heteroatoms. The normalized spacial score (nSPS) is 10.3. The van der Waals surface area contributed by atoms with Gasteiger partial charge in [-0.1, -0.05) is 23.7 Å². The summed E-state index contributed by atoms with van der Waals surface area (Å²) in [5.41, 5.74) is 1.58. The summed E-state index contributed by atoms with van der Waals surface area (Å²) in [6, 6.07) is 9.16. The third kappa shape index (κ3) is 2.90. The van der Waals surface area contributed by atoms with Gasteiger partial charge in [-0.25, -0.2) is 14.6 Å². The van der Waals surface area contributed by atoms with Gasteiger partial charge in [0.15, 0.2) is 0 Å².